The molecule has 166 valence electrons. The molecule has 2 heterocycles. The van der Waals surface area contributed by atoms with Crippen LogP contribution in [0.4, 0.5) is 10.3 Å². The molecule has 6 heteroatoms. The molecule has 0 radical (unpaired) electrons. The molecule has 0 amide bonds. The predicted octanol–water partition coefficient (Wildman–Crippen LogP) is 6.07. The van der Waals surface area contributed by atoms with Crippen molar-refractivity contribution in [1.29, 1.82) is 0 Å². The van der Waals surface area contributed by atoms with E-state index in [9.17, 15) is 4.39 Å². The number of aryl methyl sites for hydroxylation is 1. The van der Waals surface area contributed by atoms with Crippen LogP contribution in [0.25, 0.3) is 22.5 Å². The fraction of sp³-hybridized carbons (Fsp3) is 0.185. The van der Waals surface area contributed by atoms with Gasteiger partial charge in [0, 0.05) is 23.9 Å². The maximum Gasteiger partial charge on any atom is 0.230 e. The number of rotatable bonds is 5. The third-order valence-corrected chi connectivity index (χ3v) is 5.89. The SMILES string of the molecule is COc1cc2c(cc1OC)-c1c(-c3ccccc3)nc(N=Cc3ccc(F)cc3)n1CCC2. The molecule has 3 aromatic carbocycles. The molecule has 5 nitrogen and oxygen atoms in total. The summed E-state index contributed by atoms with van der Waals surface area (Å²) in [5.41, 5.74) is 5.98. The van der Waals surface area contributed by atoms with Gasteiger partial charge < -0.3 is 14.0 Å². The highest BCUT2D eigenvalue weighted by atomic mass is 19.1. The van der Waals surface area contributed by atoms with Gasteiger partial charge >= 0.3 is 0 Å². The Bertz CT molecular complexity index is 1310. The summed E-state index contributed by atoms with van der Waals surface area (Å²) in [6.45, 7) is 0.782. The smallest absolute Gasteiger partial charge is 0.230 e. The minimum Gasteiger partial charge on any atom is -0.493 e. The van der Waals surface area contributed by atoms with Gasteiger partial charge in [0.2, 0.25) is 5.95 Å². The van der Waals surface area contributed by atoms with Crippen LogP contribution in [0.3, 0.4) is 0 Å². The normalized spacial score (nSPS) is 12.8. The van der Waals surface area contributed by atoms with Crippen LogP contribution in [0.5, 0.6) is 11.5 Å². The molecule has 5 rings (SSSR count). The van der Waals surface area contributed by atoms with Crippen molar-refractivity contribution in [2.45, 2.75) is 19.4 Å². The number of hydrogen-bond acceptors (Lipinski definition) is 4. The number of imidazole rings is 1. The Balaban J connectivity index is 1.71. The summed E-state index contributed by atoms with van der Waals surface area (Å²) >= 11 is 0. The molecule has 0 spiro atoms. The first-order valence-corrected chi connectivity index (χ1v) is 10.9. The molecule has 0 N–H and O–H groups in total. The lowest BCUT2D eigenvalue weighted by atomic mass is 9.97. The van der Waals surface area contributed by atoms with Crippen molar-refractivity contribution < 1.29 is 13.9 Å². The van der Waals surface area contributed by atoms with E-state index in [4.69, 9.17) is 19.5 Å². The second-order valence-electron chi connectivity index (χ2n) is 7.90. The number of benzene rings is 3. The topological polar surface area (TPSA) is 48.6 Å². The third kappa shape index (κ3) is 4.00. The van der Waals surface area contributed by atoms with E-state index < -0.39 is 0 Å². The van der Waals surface area contributed by atoms with Crippen molar-refractivity contribution in [1.82, 2.24) is 9.55 Å². The van der Waals surface area contributed by atoms with E-state index in [0.717, 1.165) is 53.2 Å². The molecule has 1 aliphatic heterocycles. The summed E-state index contributed by atoms with van der Waals surface area (Å²) in [5, 5.41) is 0. The van der Waals surface area contributed by atoms with Gasteiger partial charge in [0.25, 0.3) is 0 Å². The molecule has 0 atom stereocenters. The molecule has 0 bridgehead atoms. The second kappa shape index (κ2) is 8.90. The van der Waals surface area contributed by atoms with E-state index in [2.05, 4.69) is 22.8 Å². The largest absolute Gasteiger partial charge is 0.493 e. The van der Waals surface area contributed by atoms with Crippen molar-refractivity contribution in [3.8, 4) is 34.0 Å². The zero-order valence-electron chi connectivity index (χ0n) is 18.6. The van der Waals surface area contributed by atoms with Crippen LogP contribution < -0.4 is 9.47 Å². The van der Waals surface area contributed by atoms with E-state index >= 15 is 0 Å². The van der Waals surface area contributed by atoms with Gasteiger partial charge in [0.1, 0.15) is 5.82 Å². The summed E-state index contributed by atoms with van der Waals surface area (Å²) in [7, 11) is 3.30. The molecular weight excluding hydrogens is 417 g/mol. The average molecular weight is 442 g/mol. The van der Waals surface area contributed by atoms with Crippen molar-refractivity contribution >= 4 is 12.2 Å². The molecule has 0 unspecified atom stereocenters. The summed E-state index contributed by atoms with van der Waals surface area (Å²) in [6, 6.07) is 20.5. The Morgan fingerprint density at radius 2 is 1.70 bits per heavy atom. The summed E-state index contributed by atoms with van der Waals surface area (Å²) in [6.07, 6.45) is 3.58. The van der Waals surface area contributed by atoms with Gasteiger partial charge in [-0.1, -0.05) is 42.5 Å². The third-order valence-electron chi connectivity index (χ3n) is 5.89. The van der Waals surface area contributed by atoms with Gasteiger partial charge in [-0.2, -0.15) is 0 Å². The highest BCUT2D eigenvalue weighted by Crippen LogP contribution is 2.43. The van der Waals surface area contributed by atoms with Gasteiger partial charge in [-0.3, -0.25) is 0 Å². The first-order chi connectivity index (χ1) is 16.2. The molecule has 4 aromatic rings. The maximum absolute atomic E-state index is 13.3. The van der Waals surface area contributed by atoms with Gasteiger partial charge in [0.15, 0.2) is 11.5 Å². The Labute approximate surface area is 192 Å². The van der Waals surface area contributed by atoms with Crippen molar-refractivity contribution in [2.24, 2.45) is 4.99 Å². The quantitative estimate of drug-likeness (QED) is 0.353. The fourth-order valence-corrected chi connectivity index (χ4v) is 4.28. The minimum absolute atomic E-state index is 0.269. The Morgan fingerprint density at radius 3 is 2.42 bits per heavy atom. The molecular formula is C27H24FN3O2. The number of aromatic nitrogens is 2. The second-order valence-corrected chi connectivity index (χ2v) is 7.90. The highest BCUT2D eigenvalue weighted by molar-refractivity contribution is 5.86. The molecule has 1 aromatic heterocycles. The first-order valence-electron chi connectivity index (χ1n) is 10.9. The lowest BCUT2D eigenvalue weighted by molar-refractivity contribution is 0.354. The minimum atomic E-state index is -0.269. The lowest BCUT2D eigenvalue weighted by Gasteiger charge is -2.14. The number of aliphatic imine (C=N–C) groups is 1. The number of halogens is 1. The van der Waals surface area contributed by atoms with E-state index in [1.165, 1.54) is 17.7 Å². The van der Waals surface area contributed by atoms with Crippen LogP contribution in [0.1, 0.15) is 17.5 Å². The van der Waals surface area contributed by atoms with Crippen molar-refractivity contribution in [2.75, 3.05) is 14.2 Å². The average Bonchev–Trinajstić information content (AvgIpc) is 3.11. The van der Waals surface area contributed by atoms with Crippen LogP contribution in [0, 0.1) is 5.82 Å². The Morgan fingerprint density at radius 1 is 0.970 bits per heavy atom. The maximum atomic E-state index is 13.3. The van der Waals surface area contributed by atoms with Crippen LogP contribution in [0.15, 0.2) is 71.7 Å². The van der Waals surface area contributed by atoms with Crippen LogP contribution in [-0.4, -0.2) is 30.0 Å². The molecule has 33 heavy (non-hydrogen) atoms. The number of methoxy groups -OCH3 is 2. The molecule has 1 aliphatic rings. The summed E-state index contributed by atoms with van der Waals surface area (Å²) < 4.78 is 26.6. The van der Waals surface area contributed by atoms with Gasteiger partial charge in [-0.25, -0.2) is 14.4 Å². The zero-order chi connectivity index (χ0) is 22.8. The monoisotopic (exact) mass is 441 g/mol. The molecule has 0 fully saturated rings. The number of ether oxygens (including phenoxy) is 2. The van der Waals surface area contributed by atoms with Gasteiger partial charge in [0.05, 0.1) is 25.6 Å². The van der Waals surface area contributed by atoms with Crippen LogP contribution in [0.2, 0.25) is 0 Å². The van der Waals surface area contributed by atoms with Gasteiger partial charge in [-0.15, -0.1) is 0 Å². The summed E-state index contributed by atoms with van der Waals surface area (Å²) in [4.78, 5) is 9.66. The van der Waals surface area contributed by atoms with Crippen molar-refractivity contribution in [3.05, 3.63) is 83.7 Å². The number of fused-ring (bicyclic) bond motifs is 3. The first kappa shape index (κ1) is 20.9. The fourth-order valence-electron chi connectivity index (χ4n) is 4.28. The molecule has 0 aliphatic carbocycles. The molecule has 0 saturated carbocycles. The Kier molecular flexibility index (Phi) is 5.65. The highest BCUT2D eigenvalue weighted by Gasteiger charge is 2.25. The zero-order valence-corrected chi connectivity index (χ0v) is 18.6. The standard InChI is InChI=1S/C27H24FN3O2/c1-32-23-15-20-9-6-14-31-26(22(20)16-24(23)33-2)25(19-7-4-3-5-8-19)30-27(31)29-17-18-10-12-21(28)13-11-18/h3-5,7-8,10-13,15-17H,6,9,14H2,1-2H3. The predicted molar refractivity (Wildman–Crippen MR) is 128 cm³/mol. The van der Waals surface area contributed by atoms with E-state index in [1.54, 1.807) is 32.6 Å². The van der Waals surface area contributed by atoms with Crippen LogP contribution >= 0.6 is 0 Å². The molecule has 0 saturated heterocycles. The van der Waals surface area contributed by atoms with Gasteiger partial charge in [-0.05, 0) is 48.2 Å². The van der Waals surface area contributed by atoms with E-state index in [1.807, 2.05) is 24.3 Å². The Hall–Kier alpha value is -3.93. The number of nitrogens with zero attached hydrogens (tertiary/aromatic N) is 3. The van der Waals surface area contributed by atoms with Crippen LogP contribution in [-0.2, 0) is 13.0 Å². The van der Waals surface area contributed by atoms with Crippen molar-refractivity contribution in [3.63, 3.8) is 0 Å². The number of hydrogen-bond donors (Lipinski definition) is 0. The van der Waals surface area contributed by atoms with E-state index in [-0.39, 0.29) is 5.82 Å². The van der Waals surface area contributed by atoms with E-state index in [0.29, 0.717) is 11.7 Å². The lowest BCUT2D eigenvalue weighted by Crippen LogP contribution is -1.99. The summed E-state index contributed by atoms with van der Waals surface area (Å²) in [5.74, 6) is 1.76.